The molecule has 1 unspecified atom stereocenters. The average Bonchev–Trinajstić information content (AvgIpc) is 2.48. The average molecular weight is 278 g/mol. The minimum atomic E-state index is -0.524. The van der Waals surface area contributed by atoms with Gasteiger partial charge in [0.2, 0.25) is 0 Å². The van der Waals surface area contributed by atoms with E-state index in [9.17, 15) is 4.79 Å². The van der Waals surface area contributed by atoms with Crippen molar-refractivity contribution < 1.29 is 14.3 Å². The number of anilines is 1. The van der Waals surface area contributed by atoms with Crippen LogP contribution in [0.3, 0.4) is 0 Å². The first-order valence-corrected chi connectivity index (χ1v) is 6.84. The number of carbonyl (C=O) groups is 1. The predicted octanol–water partition coefficient (Wildman–Crippen LogP) is 1.28. The molecule has 0 spiro atoms. The monoisotopic (exact) mass is 278 g/mol. The highest BCUT2D eigenvalue weighted by Crippen LogP contribution is 2.23. The van der Waals surface area contributed by atoms with Gasteiger partial charge in [0.15, 0.2) is 6.10 Å². The Morgan fingerprint density at radius 2 is 2.05 bits per heavy atom. The van der Waals surface area contributed by atoms with Crippen LogP contribution in [0.5, 0.6) is 0 Å². The van der Waals surface area contributed by atoms with Gasteiger partial charge in [-0.25, -0.2) is 0 Å². The Hall–Kier alpha value is -1.43. The Balaban J connectivity index is 1.98. The highest BCUT2D eigenvalue weighted by atomic mass is 16.6. The van der Waals surface area contributed by atoms with Crippen LogP contribution in [0.15, 0.2) is 24.3 Å². The molecule has 1 aromatic rings. The van der Waals surface area contributed by atoms with Gasteiger partial charge in [0.1, 0.15) is 0 Å². The van der Waals surface area contributed by atoms with Crippen LogP contribution < -0.4 is 11.1 Å². The lowest BCUT2D eigenvalue weighted by atomic mass is 9.85. The molecule has 1 heterocycles. The first kappa shape index (κ1) is 15.0. The van der Waals surface area contributed by atoms with E-state index in [-0.39, 0.29) is 11.3 Å². The maximum atomic E-state index is 12.0. The van der Waals surface area contributed by atoms with Crippen LogP contribution in [-0.2, 0) is 19.7 Å². The molecule has 5 heteroatoms. The molecular weight excluding hydrogens is 256 g/mol. The third-order valence-electron chi connectivity index (χ3n) is 3.55. The zero-order chi connectivity index (χ0) is 14.6. The summed E-state index contributed by atoms with van der Waals surface area (Å²) >= 11 is 0. The van der Waals surface area contributed by atoms with Crippen LogP contribution in [0, 0.1) is 0 Å². The largest absolute Gasteiger partial charge is 0.376 e. The molecule has 0 radical (unpaired) electrons. The van der Waals surface area contributed by atoms with E-state index in [4.69, 9.17) is 15.2 Å². The second kappa shape index (κ2) is 6.35. The topological polar surface area (TPSA) is 73.6 Å². The van der Waals surface area contributed by atoms with Gasteiger partial charge >= 0.3 is 0 Å². The summed E-state index contributed by atoms with van der Waals surface area (Å²) in [6, 6.07) is 7.74. The lowest BCUT2D eigenvalue weighted by Gasteiger charge is -2.24. The van der Waals surface area contributed by atoms with E-state index in [1.165, 1.54) is 0 Å². The fourth-order valence-corrected chi connectivity index (χ4v) is 1.98. The van der Waals surface area contributed by atoms with Crippen LogP contribution >= 0.6 is 0 Å². The number of rotatable bonds is 4. The number of amides is 1. The third kappa shape index (κ3) is 3.56. The van der Waals surface area contributed by atoms with Crippen molar-refractivity contribution in [2.45, 2.75) is 25.4 Å². The van der Waals surface area contributed by atoms with Gasteiger partial charge < -0.3 is 20.5 Å². The molecule has 1 atom stereocenters. The Morgan fingerprint density at radius 3 is 2.60 bits per heavy atom. The summed E-state index contributed by atoms with van der Waals surface area (Å²) in [5, 5.41) is 2.83. The van der Waals surface area contributed by atoms with Gasteiger partial charge in [-0.2, -0.15) is 0 Å². The molecule has 1 fully saturated rings. The Kier molecular flexibility index (Phi) is 4.75. The summed E-state index contributed by atoms with van der Waals surface area (Å²) in [7, 11) is 0. The minimum absolute atomic E-state index is 0.0666. The van der Waals surface area contributed by atoms with Crippen molar-refractivity contribution in [1.82, 2.24) is 0 Å². The van der Waals surface area contributed by atoms with Gasteiger partial charge in [0.05, 0.1) is 19.8 Å². The molecule has 1 aliphatic rings. The van der Waals surface area contributed by atoms with Crippen LogP contribution in [0.4, 0.5) is 5.69 Å². The highest BCUT2D eigenvalue weighted by Gasteiger charge is 2.23. The van der Waals surface area contributed by atoms with E-state index in [2.05, 4.69) is 19.2 Å². The van der Waals surface area contributed by atoms with E-state index in [0.717, 1.165) is 11.3 Å². The van der Waals surface area contributed by atoms with Crippen molar-refractivity contribution in [1.29, 1.82) is 0 Å². The number of nitrogens with one attached hydrogen (secondary N) is 1. The number of nitrogens with two attached hydrogens (primary N) is 1. The van der Waals surface area contributed by atoms with E-state index in [1.54, 1.807) is 0 Å². The summed E-state index contributed by atoms with van der Waals surface area (Å²) in [4.78, 5) is 12.0. The first-order chi connectivity index (χ1) is 9.53. The lowest BCUT2D eigenvalue weighted by molar-refractivity contribution is -0.142. The number of hydrogen-bond acceptors (Lipinski definition) is 4. The summed E-state index contributed by atoms with van der Waals surface area (Å²) in [5.74, 6) is -0.171. The van der Waals surface area contributed by atoms with Crippen molar-refractivity contribution in [3.05, 3.63) is 29.8 Å². The molecule has 0 saturated carbocycles. The van der Waals surface area contributed by atoms with E-state index >= 15 is 0 Å². The fourth-order valence-electron chi connectivity index (χ4n) is 1.98. The van der Waals surface area contributed by atoms with Crippen molar-refractivity contribution in [2.24, 2.45) is 5.73 Å². The van der Waals surface area contributed by atoms with Crippen molar-refractivity contribution in [2.75, 3.05) is 31.7 Å². The second-order valence-electron chi connectivity index (χ2n) is 5.59. The first-order valence-electron chi connectivity index (χ1n) is 6.84. The number of carbonyl (C=O) groups excluding carboxylic acids is 1. The summed E-state index contributed by atoms with van der Waals surface area (Å²) in [6.45, 7) is 6.08. The van der Waals surface area contributed by atoms with Gasteiger partial charge in [0, 0.05) is 17.6 Å². The smallest absolute Gasteiger partial charge is 0.255 e. The second-order valence-corrected chi connectivity index (χ2v) is 5.59. The van der Waals surface area contributed by atoms with Crippen molar-refractivity contribution in [3.8, 4) is 0 Å². The van der Waals surface area contributed by atoms with Gasteiger partial charge in [-0.05, 0) is 17.7 Å². The molecule has 3 N–H and O–H groups in total. The van der Waals surface area contributed by atoms with Crippen LogP contribution in [0.25, 0.3) is 0 Å². The Morgan fingerprint density at radius 1 is 1.35 bits per heavy atom. The van der Waals surface area contributed by atoms with Crippen molar-refractivity contribution >= 4 is 11.6 Å². The molecule has 1 aliphatic heterocycles. The Bertz CT molecular complexity index is 451. The minimum Gasteiger partial charge on any atom is -0.376 e. The maximum Gasteiger partial charge on any atom is 0.255 e. The fraction of sp³-hybridized carbons (Fsp3) is 0.533. The Labute approximate surface area is 119 Å². The number of hydrogen-bond donors (Lipinski definition) is 2. The molecule has 0 bridgehead atoms. The molecule has 20 heavy (non-hydrogen) atoms. The SMILES string of the molecule is CC(C)(CN)c1ccc(NC(=O)C2COCCO2)cc1. The standard InChI is InChI=1S/C15H22N2O3/c1-15(2,10-16)11-3-5-12(6-4-11)17-14(18)13-9-19-7-8-20-13/h3-6,13H,7-10,16H2,1-2H3,(H,17,18). The molecular formula is C15H22N2O3. The van der Waals surface area contributed by atoms with Crippen LogP contribution in [0.2, 0.25) is 0 Å². The normalized spacial score (nSPS) is 19.6. The number of ether oxygens (including phenoxy) is 2. The molecule has 0 aromatic heterocycles. The van der Waals surface area contributed by atoms with Crippen molar-refractivity contribution in [3.63, 3.8) is 0 Å². The van der Waals surface area contributed by atoms with Gasteiger partial charge in [0.25, 0.3) is 5.91 Å². The zero-order valence-corrected chi connectivity index (χ0v) is 12.0. The van der Waals surface area contributed by atoms with Gasteiger partial charge in [-0.15, -0.1) is 0 Å². The molecule has 110 valence electrons. The van der Waals surface area contributed by atoms with E-state index in [0.29, 0.717) is 26.4 Å². The highest BCUT2D eigenvalue weighted by molar-refractivity contribution is 5.94. The zero-order valence-electron chi connectivity index (χ0n) is 12.0. The molecule has 5 nitrogen and oxygen atoms in total. The molecule has 0 aliphatic carbocycles. The van der Waals surface area contributed by atoms with Crippen LogP contribution in [-0.4, -0.2) is 38.4 Å². The summed E-state index contributed by atoms with van der Waals surface area (Å²) in [5.41, 5.74) is 7.59. The molecule has 2 rings (SSSR count). The lowest BCUT2D eigenvalue weighted by Crippen LogP contribution is -2.39. The molecule has 1 amide bonds. The van der Waals surface area contributed by atoms with Gasteiger partial charge in [-0.3, -0.25) is 4.79 Å². The van der Waals surface area contributed by atoms with Gasteiger partial charge in [-0.1, -0.05) is 26.0 Å². The number of benzene rings is 1. The third-order valence-corrected chi connectivity index (χ3v) is 3.55. The van der Waals surface area contributed by atoms with E-state index in [1.807, 2.05) is 24.3 Å². The van der Waals surface area contributed by atoms with Crippen LogP contribution in [0.1, 0.15) is 19.4 Å². The molecule has 1 aromatic carbocycles. The predicted molar refractivity (Wildman–Crippen MR) is 77.7 cm³/mol. The maximum absolute atomic E-state index is 12.0. The molecule has 1 saturated heterocycles. The summed E-state index contributed by atoms with van der Waals surface area (Å²) in [6.07, 6.45) is -0.524. The quantitative estimate of drug-likeness (QED) is 0.870. The summed E-state index contributed by atoms with van der Waals surface area (Å²) < 4.78 is 10.6. The van der Waals surface area contributed by atoms with E-state index < -0.39 is 6.10 Å².